The normalized spacial score (nSPS) is 12.0. The van der Waals surface area contributed by atoms with Gasteiger partial charge in [0.2, 0.25) is 0 Å². The maximum Gasteiger partial charge on any atom is 0.169 e. The summed E-state index contributed by atoms with van der Waals surface area (Å²) in [5.74, 6) is 0. The molecule has 0 N–H and O–H groups in total. The van der Waals surface area contributed by atoms with Gasteiger partial charge >= 0.3 is 0 Å². The quantitative estimate of drug-likeness (QED) is 0.567. The molecule has 0 aromatic heterocycles. The zero-order valence-electron chi connectivity index (χ0n) is 5.97. The Bertz CT molecular complexity index is 52.5. The predicted molar refractivity (Wildman–Crippen MR) is 38.8 cm³/mol. The summed E-state index contributed by atoms with van der Waals surface area (Å²) < 4.78 is 5.51. The van der Waals surface area contributed by atoms with Crippen LogP contribution in [0.4, 0.5) is 0 Å². The van der Waals surface area contributed by atoms with Crippen LogP contribution >= 0.6 is 0 Å². The van der Waals surface area contributed by atoms with Crippen LogP contribution in [0.25, 0.3) is 0 Å². The van der Waals surface area contributed by atoms with Crippen LogP contribution in [0, 0.1) is 37.7 Å². The van der Waals surface area contributed by atoms with E-state index < -0.39 is 8.32 Å². The Hall–Kier alpha value is 1.65. The van der Waals surface area contributed by atoms with Gasteiger partial charge in [-0.05, 0) is 19.6 Å². The molecular formula is C4H14ArOSi2. The standard InChI is InChI=1S/C4H14OSi2.Ar/c1-6-5-7(2,3)4;/h6H2,1-4H3;. The Kier molecular flexibility index (Phi) is 8.39. The first kappa shape index (κ1) is 12.3. The molecule has 0 spiro atoms. The van der Waals surface area contributed by atoms with Gasteiger partial charge in [0.15, 0.2) is 8.32 Å². The van der Waals surface area contributed by atoms with Gasteiger partial charge in [-0.2, -0.15) is 0 Å². The Labute approximate surface area is 85.3 Å². The van der Waals surface area contributed by atoms with E-state index in [2.05, 4.69) is 26.2 Å². The van der Waals surface area contributed by atoms with Crippen LogP contribution in [-0.4, -0.2) is 18.1 Å². The minimum Gasteiger partial charge on any atom is -0.461 e. The average Bonchev–Trinajstić information content (AvgIpc) is 1.30. The molecule has 1 nitrogen and oxygen atoms in total. The van der Waals surface area contributed by atoms with Gasteiger partial charge in [0.1, 0.15) is 9.76 Å². The second kappa shape index (κ2) is 5.44. The maximum absolute atomic E-state index is 5.51. The van der Waals surface area contributed by atoms with Crippen LogP contribution < -0.4 is 0 Å². The van der Waals surface area contributed by atoms with Crippen molar-refractivity contribution in [3.8, 4) is 0 Å². The average molecular weight is 174 g/mol. The Balaban J connectivity index is 0. The third-order valence-electron chi connectivity index (χ3n) is 0.577. The number of hydrogen-bond donors (Lipinski definition) is 0. The van der Waals surface area contributed by atoms with Crippen molar-refractivity contribution in [2.24, 2.45) is 0 Å². The van der Waals surface area contributed by atoms with Crippen molar-refractivity contribution in [1.29, 1.82) is 0 Å². The van der Waals surface area contributed by atoms with Crippen LogP contribution in [-0.2, 0) is 4.12 Å². The van der Waals surface area contributed by atoms with Crippen LogP contribution in [0.1, 0.15) is 0 Å². The van der Waals surface area contributed by atoms with Gasteiger partial charge in [-0.3, -0.25) is 0 Å². The summed E-state index contributed by atoms with van der Waals surface area (Å²) in [5, 5.41) is 0. The van der Waals surface area contributed by atoms with E-state index in [1.54, 1.807) is 0 Å². The van der Waals surface area contributed by atoms with E-state index in [9.17, 15) is 0 Å². The van der Waals surface area contributed by atoms with Crippen molar-refractivity contribution >= 4 is 18.1 Å². The van der Waals surface area contributed by atoms with Gasteiger partial charge in [-0.15, -0.1) is 0 Å². The molecule has 0 saturated heterocycles. The molecule has 0 aliphatic rings. The van der Waals surface area contributed by atoms with Gasteiger partial charge in [-0.1, -0.05) is 6.55 Å². The van der Waals surface area contributed by atoms with E-state index in [4.69, 9.17) is 4.12 Å². The van der Waals surface area contributed by atoms with Crippen molar-refractivity contribution in [3.05, 3.63) is 0 Å². The van der Waals surface area contributed by atoms with Crippen molar-refractivity contribution in [2.75, 3.05) is 0 Å². The van der Waals surface area contributed by atoms with E-state index in [0.717, 1.165) is 0 Å². The van der Waals surface area contributed by atoms with Crippen LogP contribution in [0.3, 0.4) is 0 Å². The molecule has 0 radical (unpaired) electrons. The smallest absolute Gasteiger partial charge is 0.169 e. The second-order valence-electron chi connectivity index (χ2n) is 2.55. The van der Waals surface area contributed by atoms with E-state index in [0.29, 0.717) is 0 Å². The summed E-state index contributed by atoms with van der Waals surface area (Å²) in [6, 6.07) is 0. The topological polar surface area (TPSA) is 9.23 Å². The molecule has 0 aliphatic carbocycles. The Morgan fingerprint density at radius 1 is 1.25 bits per heavy atom. The molecule has 0 heterocycles. The first-order valence-electron chi connectivity index (χ1n) is 2.70. The van der Waals surface area contributed by atoms with Crippen molar-refractivity contribution in [2.45, 2.75) is 26.2 Å². The summed E-state index contributed by atoms with van der Waals surface area (Å²) in [4.78, 5) is 0. The van der Waals surface area contributed by atoms with Gasteiger partial charge in [0, 0.05) is 37.7 Å². The number of rotatable bonds is 2. The minimum atomic E-state index is -1.10. The van der Waals surface area contributed by atoms with Crippen LogP contribution in [0.5, 0.6) is 0 Å². The minimum absolute atomic E-state index is 0. The fourth-order valence-electron chi connectivity index (χ4n) is 0.433. The molecule has 0 atom stereocenters. The zero-order chi connectivity index (χ0) is 5.91. The second-order valence-corrected chi connectivity index (χ2v) is 8.50. The fourth-order valence-corrected chi connectivity index (χ4v) is 3.90. The van der Waals surface area contributed by atoms with E-state index in [1.165, 1.54) is 0 Å². The van der Waals surface area contributed by atoms with Gasteiger partial charge in [0.25, 0.3) is 0 Å². The molecule has 0 unspecified atom stereocenters. The third kappa shape index (κ3) is 10.6. The first-order valence-corrected chi connectivity index (χ1v) is 8.10. The molecule has 52 valence electrons. The molecule has 0 aliphatic heterocycles. The molecule has 8 heavy (non-hydrogen) atoms. The number of hydrogen-bond acceptors (Lipinski definition) is 1. The maximum atomic E-state index is 5.51. The molecule has 0 aromatic carbocycles. The SMILES string of the molecule is C[SiH2]O[Si](C)(C)C.[Ar]. The van der Waals surface area contributed by atoms with Crippen molar-refractivity contribution < 1.29 is 41.9 Å². The van der Waals surface area contributed by atoms with Crippen molar-refractivity contribution in [3.63, 3.8) is 0 Å². The summed E-state index contributed by atoms with van der Waals surface area (Å²) in [6.45, 7) is 8.86. The third-order valence-corrected chi connectivity index (χ3v) is 5.20. The molecule has 0 rings (SSSR count). The molecular weight excluding hydrogens is 160 g/mol. The molecule has 4 heteroatoms. The van der Waals surface area contributed by atoms with E-state index >= 15 is 0 Å². The largest absolute Gasteiger partial charge is 0.461 e. The predicted octanol–water partition coefficient (Wildman–Crippen LogP) is 0.970. The molecule has 0 bridgehead atoms. The monoisotopic (exact) mass is 174 g/mol. The van der Waals surface area contributed by atoms with Gasteiger partial charge in [-0.25, -0.2) is 0 Å². The van der Waals surface area contributed by atoms with Crippen LogP contribution in [0.15, 0.2) is 0 Å². The Morgan fingerprint density at radius 3 is 1.62 bits per heavy atom. The summed E-state index contributed by atoms with van der Waals surface area (Å²) >= 11 is 0. The van der Waals surface area contributed by atoms with E-state index in [-0.39, 0.29) is 47.5 Å². The molecule has 0 amide bonds. The molecule has 0 saturated carbocycles. The Morgan fingerprint density at radius 2 is 1.62 bits per heavy atom. The molecule has 0 fully saturated rings. The van der Waals surface area contributed by atoms with Crippen LogP contribution in [0.2, 0.25) is 26.2 Å². The van der Waals surface area contributed by atoms with Crippen molar-refractivity contribution in [1.82, 2.24) is 0 Å². The molecule has 0 aromatic rings. The van der Waals surface area contributed by atoms with Gasteiger partial charge < -0.3 is 4.12 Å². The van der Waals surface area contributed by atoms with E-state index in [1.807, 2.05) is 0 Å². The summed E-state index contributed by atoms with van der Waals surface area (Å²) in [5.41, 5.74) is 0. The summed E-state index contributed by atoms with van der Waals surface area (Å²) in [7, 11) is -1.22. The summed E-state index contributed by atoms with van der Waals surface area (Å²) in [6.07, 6.45) is 0. The zero-order valence-corrected chi connectivity index (χ0v) is 9.09. The van der Waals surface area contributed by atoms with Gasteiger partial charge in [0.05, 0.1) is 0 Å². The first-order chi connectivity index (χ1) is 3.06. The fraction of sp³-hybridized carbons (Fsp3) is 1.00.